The number of aromatic nitrogens is 1. The van der Waals surface area contributed by atoms with E-state index in [1.165, 1.54) is 25.7 Å². The van der Waals surface area contributed by atoms with E-state index < -0.39 is 0 Å². The topological polar surface area (TPSA) is 48.7 Å². The average Bonchev–Trinajstić information content (AvgIpc) is 2.38. The maximum Gasteiger partial charge on any atom is 0.143 e. The Morgan fingerprint density at radius 2 is 2.29 bits per heavy atom. The molecule has 0 saturated heterocycles. The van der Waals surface area contributed by atoms with E-state index in [2.05, 4.69) is 23.3 Å². The molecule has 3 nitrogen and oxygen atoms in total. The molecule has 17 heavy (non-hydrogen) atoms. The van der Waals surface area contributed by atoms with E-state index in [1.807, 2.05) is 0 Å². The molecule has 1 aliphatic rings. The van der Waals surface area contributed by atoms with Crippen LogP contribution in [0.3, 0.4) is 0 Å². The van der Waals surface area contributed by atoms with Crippen molar-refractivity contribution in [2.45, 2.75) is 32.6 Å². The lowest BCUT2D eigenvalue weighted by molar-refractivity contribution is 0.268. The molecule has 1 aromatic heterocycles. The number of hydrogen-bond acceptors (Lipinski definition) is 3. The molecule has 90 valence electrons. The van der Waals surface area contributed by atoms with Crippen LogP contribution >= 0.6 is 0 Å². The van der Waals surface area contributed by atoms with Crippen LogP contribution in [0.4, 0.5) is 5.82 Å². The summed E-state index contributed by atoms with van der Waals surface area (Å²) in [5, 5.41) is 12.3. The molecular formula is C14H19N3. The molecule has 1 N–H and O–H groups in total. The quantitative estimate of drug-likeness (QED) is 0.866. The normalized spacial score (nSPS) is 24.0. The Bertz CT molecular complexity index is 408. The first-order chi connectivity index (χ1) is 8.31. The van der Waals surface area contributed by atoms with Gasteiger partial charge >= 0.3 is 0 Å². The van der Waals surface area contributed by atoms with Gasteiger partial charge in [0.1, 0.15) is 11.9 Å². The van der Waals surface area contributed by atoms with Gasteiger partial charge in [0.15, 0.2) is 0 Å². The highest BCUT2D eigenvalue weighted by molar-refractivity contribution is 5.51. The van der Waals surface area contributed by atoms with Crippen LogP contribution in [0, 0.1) is 23.2 Å². The molecule has 3 heteroatoms. The zero-order valence-electron chi connectivity index (χ0n) is 10.3. The minimum atomic E-state index is 0.635. The van der Waals surface area contributed by atoms with Gasteiger partial charge < -0.3 is 5.32 Å². The first-order valence-electron chi connectivity index (χ1n) is 6.40. The van der Waals surface area contributed by atoms with Crippen molar-refractivity contribution >= 4 is 5.82 Å². The Morgan fingerprint density at radius 1 is 1.47 bits per heavy atom. The van der Waals surface area contributed by atoms with Gasteiger partial charge in [-0.25, -0.2) is 4.98 Å². The Labute approximate surface area is 103 Å². The Hall–Kier alpha value is -1.56. The summed E-state index contributed by atoms with van der Waals surface area (Å²) in [5.41, 5.74) is 0.635. The SMILES string of the molecule is CC1CCCCC1CNc1ncccc1C#N. The van der Waals surface area contributed by atoms with Gasteiger partial charge in [-0.15, -0.1) is 0 Å². The third kappa shape index (κ3) is 2.97. The van der Waals surface area contributed by atoms with E-state index in [9.17, 15) is 0 Å². The predicted octanol–water partition coefficient (Wildman–Crippen LogP) is 3.19. The lowest BCUT2D eigenvalue weighted by atomic mass is 9.80. The summed E-state index contributed by atoms with van der Waals surface area (Å²) in [5.74, 6) is 2.23. The minimum absolute atomic E-state index is 0.635. The molecule has 0 radical (unpaired) electrons. The van der Waals surface area contributed by atoms with Crippen LogP contribution in [0.5, 0.6) is 0 Å². The molecule has 0 bridgehead atoms. The summed E-state index contributed by atoms with van der Waals surface area (Å²) in [7, 11) is 0. The molecule has 0 spiro atoms. The number of anilines is 1. The zero-order valence-corrected chi connectivity index (χ0v) is 10.3. The van der Waals surface area contributed by atoms with Crippen LogP contribution in [0.1, 0.15) is 38.2 Å². The summed E-state index contributed by atoms with van der Waals surface area (Å²) in [6, 6.07) is 5.77. The third-order valence-corrected chi connectivity index (χ3v) is 3.75. The Kier molecular flexibility index (Phi) is 3.98. The maximum atomic E-state index is 8.98. The van der Waals surface area contributed by atoms with Crippen molar-refractivity contribution in [1.82, 2.24) is 4.98 Å². The summed E-state index contributed by atoms with van der Waals surface area (Å²) < 4.78 is 0. The highest BCUT2D eigenvalue weighted by Crippen LogP contribution is 2.29. The summed E-state index contributed by atoms with van der Waals surface area (Å²) in [6.45, 7) is 3.27. The van der Waals surface area contributed by atoms with Crippen LogP contribution in [-0.4, -0.2) is 11.5 Å². The summed E-state index contributed by atoms with van der Waals surface area (Å²) in [6.07, 6.45) is 7.06. The van der Waals surface area contributed by atoms with Crippen molar-refractivity contribution in [3.63, 3.8) is 0 Å². The van der Waals surface area contributed by atoms with Gasteiger partial charge in [0, 0.05) is 12.7 Å². The fourth-order valence-corrected chi connectivity index (χ4v) is 2.56. The molecule has 1 heterocycles. The Morgan fingerprint density at radius 3 is 3.06 bits per heavy atom. The monoisotopic (exact) mass is 229 g/mol. The minimum Gasteiger partial charge on any atom is -0.369 e. The number of nitrogens with zero attached hydrogens (tertiary/aromatic N) is 2. The van der Waals surface area contributed by atoms with Crippen molar-refractivity contribution in [2.75, 3.05) is 11.9 Å². The van der Waals surface area contributed by atoms with Gasteiger partial charge in [-0.05, 0) is 30.4 Å². The fourth-order valence-electron chi connectivity index (χ4n) is 2.56. The second-order valence-electron chi connectivity index (χ2n) is 4.91. The summed E-state index contributed by atoms with van der Waals surface area (Å²) in [4.78, 5) is 4.23. The molecule has 1 fully saturated rings. The van der Waals surface area contributed by atoms with Crippen molar-refractivity contribution in [1.29, 1.82) is 5.26 Å². The molecule has 0 aromatic carbocycles. The summed E-state index contributed by atoms with van der Waals surface area (Å²) >= 11 is 0. The van der Waals surface area contributed by atoms with E-state index in [1.54, 1.807) is 18.3 Å². The van der Waals surface area contributed by atoms with Gasteiger partial charge in [0.2, 0.25) is 0 Å². The average molecular weight is 229 g/mol. The molecule has 0 amide bonds. The molecule has 1 aromatic rings. The lowest BCUT2D eigenvalue weighted by Gasteiger charge is -2.29. The molecule has 0 aliphatic heterocycles. The second kappa shape index (κ2) is 5.67. The number of rotatable bonds is 3. The number of nitriles is 1. The highest BCUT2D eigenvalue weighted by Gasteiger charge is 2.21. The van der Waals surface area contributed by atoms with Gasteiger partial charge in [-0.3, -0.25) is 0 Å². The van der Waals surface area contributed by atoms with Gasteiger partial charge in [0.25, 0.3) is 0 Å². The van der Waals surface area contributed by atoms with Crippen LogP contribution in [0.15, 0.2) is 18.3 Å². The maximum absolute atomic E-state index is 8.98. The smallest absolute Gasteiger partial charge is 0.143 e. The van der Waals surface area contributed by atoms with Gasteiger partial charge in [0.05, 0.1) is 5.56 Å². The fraction of sp³-hybridized carbons (Fsp3) is 0.571. The largest absolute Gasteiger partial charge is 0.369 e. The second-order valence-corrected chi connectivity index (χ2v) is 4.91. The number of nitrogens with one attached hydrogen (secondary N) is 1. The number of hydrogen-bond donors (Lipinski definition) is 1. The highest BCUT2D eigenvalue weighted by atomic mass is 15.0. The Balaban J connectivity index is 1.95. The lowest BCUT2D eigenvalue weighted by Crippen LogP contribution is -2.24. The van der Waals surface area contributed by atoms with E-state index in [-0.39, 0.29) is 0 Å². The zero-order chi connectivity index (χ0) is 12.1. The third-order valence-electron chi connectivity index (χ3n) is 3.75. The molecule has 2 unspecified atom stereocenters. The van der Waals surface area contributed by atoms with Crippen molar-refractivity contribution in [3.8, 4) is 6.07 Å². The van der Waals surface area contributed by atoms with Crippen LogP contribution in [0.2, 0.25) is 0 Å². The van der Waals surface area contributed by atoms with Gasteiger partial charge in [-0.2, -0.15) is 5.26 Å². The molecule has 1 aliphatic carbocycles. The van der Waals surface area contributed by atoms with Crippen LogP contribution in [-0.2, 0) is 0 Å². The van der Waals surface area contributed by atoms with E-state index >= 15 is 0 Å². The van der Waals surface area contributed by atoms with E-state index in [0.29, 0.717) is 5.56 Å². The van der Waals surface area contributed by atoms with E-state index in [4.69, 9.17) is 5.26 Å². The van der Waals surface area contributed by atoms with Crippen molar-refractivity contribution in [2.24, 2.45) is 11.8 Å². The predicted molar refractivity (Wildman–Crippen MR) is 68.6 cm³/mol. The molecular weight excluding hydrogens is 210 g/mol. The standard InChI is InChI=1S/C14H19N3/c1-11-5-2-3-6-13(11)10-17-14-12(9-15)7-4-8-16-14/h4,7-8,11,13H,2-3,5-6,10H2,1H3,(H,16,17). The van der Waals surface area contributed by atoms with Crippen molar-refractivity contribution < 1.29 is 0 Å². The number of pyridine rings is 1. The van der Waals surface area contributed by atoms with Crippen LogP contribution < -0.4 is 5.32 Å². The van der Waals surface area contributed by atoms with E-state index in [0.717, 1.165) is 24.2 Å². The first-order valence-corrected chi connectivity index (χ1v) is 6.40. The molecule has 2 atom stereocenters. The van der Waals surface area contributed by atoms with Crippen LogP contribution in [0.25, 0.3) is 0 Å². The van der Waals surface area contributed by atoms with Gasteiger partial charge in [-0.1, -0.05) is 26.2 Å². The molecule has 1 saturated carbocycles. The molecule has 2 rings (SSSR count). The first kappa shape index (κ1) is 11.9. The van der Waals surface area contributed by atoms with Crippen molar-refractivity contribution in [3.05, 3.63) is 23.9 Å².